The van der Waals surface area contributed by atoms with E-state index in [4.69, 9.17) is 0 Å². The van der Waals surface area contributed by atoms with E-state index < -0.39 is 6.04 Å². The zero-order valence-corrected chi connectivity index (χ0v) is 21.4. The molecule has 1 atom stereocenters. The quantitative estimate of drug-likeness (QED) is 0.350. The van der Waals surface area contributed by atoms with E-state index in [0.717, 1.165) is 20.5 Å². The first-order chi connectivity index (χ1) is 16.0. The predicted octanol–water partition coefficient (Wildman–Crippen LogP) is 5.63. The van der Waals surface area contributed by atoms with Crippen LogP contribution in [0.2, 0.25) is 0 Å². The first-order valence-electron chi connectivity index (χ1n) is 11.0. The van der Waals surface area contributed by atoms with Crippen LogP contribution in [0, 0.1) is 6.92 Å². The van der Waals surface area contributed by atoms with Crippen molar-refractivity contribution in [3.8, 4) is 0 Å². The molecule has 0 spiro atoms. The van der Waals surface area contributed by atoms with Crippen LogP contribution in [-0.4, -0.2) is 35.1 Å². The van der Waals surface area contributed by atoms with Gasteiger partial charge in [0.2, 0.25) is 11.8 Å². The zero-order chi connectivity index (χ0) is 23.6. The van der Waals surface area contributed by atoms with Crippen molar-refractivity contribution in [2.45, 2.75) is 37.8 Å². The van der Waals surface area contributed by atoms with Crippen molar-refractivity contribution in [1.82, 2.24) is 10.2 Å². The first kappa shape index (κ1) is 25.1. The summed E-state index contributed by atoms with van der Waals surface area (Å²) in [7, 11) is 0. The molecule has 3 aromatic rings. The Morgan fingerprint density at radius 1 is 0.939 bits per heavy atom. The second-order valence-corrected chi connectivity index (χ2v) is 9.81. The summed E-state index contributed by atoms with van der Waals surface area (Å²) in [6, 6.07) is 25.3. The Morgan fingerprint density at radius 3 is 2.24 bits per heavy atom. The summed E-state index contributed by atoms with van der Waals surface area (Å²) in [6.07, 6.45) is 0.462. The van der Waals surface area contributed by atoms with Crippen LogP contribution in [0.1, 0.15) is 23.6 Å². The minimum absolute atomic E-state index is 0.0596. The van der Waals surface area contributed by atoms with Crippen molar-refractivity contribution in [2.24, 2.45) is 0 Å². The minimum atomic E-state index is -0.595. The van der Waals surface area contributed by atoms with Crippen LogP contribution < -0.4 is 5.32 Å². The fourth-order valence-corrected chi connectivity index (χ4v) is 4.54. The topological polar surface area (TPSA) is 49.4 Å². The van der Waals surface area contributed by atoms with Gasteiger partial charge < -0.3 is 10.2 Å². The molecule has 0 bridgehead atoms. The fourth-order valence-electron chi connectivity index (χ4n) is 3.49. The third-order valence-corrected chi connectivity index (χ3v) is 6.80. The maximum absolute atomic E-state index is 13.5. The average molecular weight is 526 g/mol. The van der Waals surface area contributed by atoms with Gasteiger partial charge in [0.1, 0.15) is 6.04 Å². The summed E-state index contributed by atoms with van der Waals surface area (Å²) < 4.78 is 0.976. The highest BCUT2D eigenvalue weighted by Crippen LogP contribution is 2.22. The predicted molar refractivity (Wildman–Crippen MR) is 139 cm³/mol. The molecule has 0 aliphatic rings. The lowest BCUT2D eigenvalue weighted by Crippen LogP contribution is -2.51. The van der Waals surface area contributed by atoms with Gasteiger partial charge >= 0.3 is 0 Å². The number of thioether (sulfide) groups is 1. The molecule has 2 amide bonds. The molecule has 0 saturated heterocycles. The van der Waals surface area contributed by atoms with E-state index >= 15 is 0 Å². The number of aryl methyl sites for hydroxylation is 1. The molecule has 0 aliphatic carbocycles. The molecule has 1 N–H and O–H groups in total. The summed E-state index contributed by atoms with van der Waals surface area (Å²) in [4.78, 5) is 29.4. The second kappa shape index (κ2) is 12.6. The molecule has 33 heavy (non-hydrogen) atoms. The normalized spacial score (nSPS) is 11.6. The molecule has 0 heterocycles. The standard InChI is InChI=1S/C27H29BrN2O2S/c1-3-29-27(32)25(17-21-7-5-4-6-8-21)30(18-22-11-13-23(28)14-12-22)26(31)19-33-24-15-9-20(2)10-16-24/h4-16,25H,3,17-19H2,1-2H3,(H,29,32)/t25-/m0/s1. The Labute approximate surface area is 208 Å². The van der Waals surface area contributed by atoms with E-state index in [-0.39, 0.29) is 17.6 Å². The maximum Gasteiger partial charge on any atom is 0.243 e. The van der Waals surface area contributed by atoms with Crippen LogP contribution in [0.15, 0.2) is 88.2 Å². The van der Waals surface area contributed by atoms with E-state index in [0.29, 0.717) is 19.5 Å². The number of rotatable bonds is 10. The molecule has 0 aliphatic heterocycles. The van der Waals surface area contributed by atoms with Gasteiger partial charge in [-0.05, 0) is 49.2 Å². The summed E-state index contributed by atoms with van der Waals surface area (Å²) in [5, 5.41) is 2.93. The lowest BCUT2D eigenvalue weighted by molar-refractivity contribution is -0.139. The van der Waals surface area contributed by atoms with Gasteiger partial charge in [-0.1, -0.05) is 76.1 Å². The second-order valence-electron chi connectivity index (χ2n) is 7.85. The van der Waals surface area contributed by atoms with E-state index in [2.05, 4.69) is 21.2 Å². The Hall–Kier alpha value is -2.57. The number of benzene rings is 3. The Kier molecular flexibility index (Phi) is 9.58. The van der Waals surface area contributed by atoms with Gasteiger partial charge in [-0.15, -0.1) is 11.8 Å². The van der Waals surface area contributed by atoms with Crippen LogP contribution >= 0.6 is 27.7 Å². The monoisotopic (exact) mass is 524 g/mol. The molecule has 0 radical (unpaired) electrons. The van der Waals surface area contributed by atoms with Crippen molar-refractivity contribution >= 4 is 39.5 Å². The third-order valence-electron chi connectivity index (χ3n) is 5.27. The molecule has 0 saturated carbocycles. The smallest absolute Gasteiger partial charge is 0.243 e. The van der Waals surface area contributed by atoms with Gasteiger partial charge in [0.05, 0.1) is 5.75 Å². The minimum Gasteiger partial charge on any atom is -0.355 e. The van der Waals surface area contributed by atoms with Gasteiger partial charge in [0.25, 0.3) is 0 Å². The molecule has 6 heteroatoms. The van der Waals surface area contributed by atoms with E-state index in [1.807, 2.05) is 92.7 Å². The third kappa shape index (κ3) is 7.76. The SMILES string of the molecule is CCNC(=O)[C@H](Cc1ccccc1)N(Cc1ccc(Br)cc1)C(=O)CSc1ccc(C)cc1. The Morgan fingerprint density at radius 2 is 1.61 bits per heavy atom. The number of amides is 2. The first-order valence-corrected chi connectivity index (χ1v) is 12.8. The van der Waals surface area contributed by atoms with Crippen molar-refractivity contribution in [3.63, 3.8) is 0 Å². The van der Waals surface area contributed by atoms with Crippen molar-refractivity contribution in [3.05, 3.63) is 100 Å². The van der Waals surface area contributed by atoms with Crippen molar-refractivity contribution < 1.29 is 9.59 Å². The van der Waals surface area contributed by atoms with Crippen LogP contribution in [0.4, 0.5) is 0 Å². The van der Waals surface area contributed by atoms with Crippen LogP contribution in [-0.2, 0) is 22.6 Å². The number of nitrogens with zero attached hydrogens (tertiary/aromatic N) is 1. The van der Waals surface area contributed by atoms with Gasteiger partial charge in [-0.25, -0.2) is 0 Å². The number of nitrogens with one attached hydrogen (secondary N) is 1. The summed E-state index contributed by atoms with van der Waals surface area (Å²) in [5.41, 5.74) is 3.18. The van der Waals surface area contributed by atoms with E-state index in [1.54, 1.807) is 4.90 Å². The molecular formula is C27H29BrN2O2S. The molecule has 4 nitrogen and oxygen atoms in total. The Bertz CT molecular complexity index is 1040. The fraction of sp³-hybridized carbons (Fsp3) is 0.259. The van der Waals surface area contributed by atoms with Gasteiger partial charge in [0.15, 0.2) is 0 Å². The van der Waals surface area contributed by atoms with Gasteiger partial charge in [-0.2, -0.15) is 0 Å². The summed E-state index contributed by atoms with van der Waals surface area (Å²) in [5.74, 6) is 0.0763. The van der Waals surface area contributed by atoms with E-state index in [1.165, 1.54) is 17.3 Å². The van der Waals surface area contributed by atoms with Crippen LogP contribution in [0.3, 0.4) is 0 Å². The van der Waals surface area contributed by atoms with Crippen molar-refractivity contribution in [2.75, 3.05) is 12.3 Å². The highest BCUT2D eigenvalue weighted by molar-refractivity contribution is 9.10. The lowest BCUT2D eigenvalue weighted by atomic mass is 10.0. The molecule has 0 aromatic heterocycles. The molecule has 172 valence electrons. The summed E-state index contributed by atoms with van der Waals surface area (Å²) >= 11 is 4.96. The van der Waals surface area contributed by atoms with Gasteiger partial charge in [-0.3, -0.25) is 9.59 Å². The largest absolute Gasteiger partial charge is 0.355 e. The number of carbonyl (C=O) groups excluding carboxylic acids is 2. The molecule has 3 aromatic carbocycles. The van der Waals surface area contributed by atoms with E-state index in [9.17, 15) is 9.59 Å². The highest BCUT2D eigenvalue weighted by Gasteiger charge is 2.30. The number of hydrogen-bond acceptors (Lipinski definition) is 3. The number of hydrogen-bond donors (Lipinski definition) is 1. The molecular weight excluding hydrogens is 496 g/mol. The zero-order valence-electron chi connectivity index (χ0n) is 19.0. The lowest BCUT2D eigenvalue weighted by Gasteiger charge is -2.31. The number of halogens is 1. The van der Waals surface area contributed by atoms with Crippen molar-refractivity contribution in [1.29, 1.82) is 0 Å². The molecule has 0 fully saturated rings. The highest BCUT2D eigenvalue weighted by atomic mass is 79.9. The number of carbonyl (C=O) groups is 2. The van der Waals surface area contributed by atoms with Gasteiger partial charge in [0, 0.05) is 28.9 Å². The van der Waals surface area contributed by atoms with Crippen LogP contribution in [0.5, 0.6) is 0 Å². The maximum atomic E-state index is 13.5. The van der Waals surface area contributed by atoms with Crippen LogP contribution in [0.25, 0.3) is 0 Å². The number of likely N-dealkylation sites (N-methyl/N-ethyl adjacent to an activating group) is 1. The Balaban J connectivity index is 1.87. The molecule has 0 unspecified atom stereocenters. The average Bonchev–Trinajstić information content (AvgIpc) is 2.82. The summed E-state index contributed by atoms with van der Waals surface area (Å²) in [6.45, 7) is 4.82. The molecule has 3 rings (SSSR count).